The predicted octanol–water partition coefficient (Wildman–Crippen LogP) is 1.89. The van der Waals surface area contributed by atoms with Gasteiger partial charge in [0.1, 0.15) is 17.2 Å². The first-order valence-electron chi connectivity index (χ1n) is 8.25. The summed E-state index contributed by atoms with van der Waals surface area (Å²) in [6, 6.07) is 3.38. The van der Waals surface area contributed by atoms with Gasteiger partial charge < -0.3 is 10.6 Å². The lowest BCUT2D eigenvalue weighted by atomic mass is 9.81. The summed E-state index contributed by atoms with van der Waals surface area (Å²) in [5.74, 6) is -1.71. The highest BCUT2D eigenvalue weighted by Crippen LogP contribution is 2.46. The zero-order chi connectivity index (χ0) is 19.3. The van der Waals surface area contributed by atoms with Crippen LogP contribution in [0.2, 0.25) is 0 Å². The SMILES string of the molecule is Cc1nc(N2CC3CSC(N)=NC3(c3ccc(F)cc3F)C2)[nH]c(=O)c1F. The van der Waals surface area contributed by atoms with Crippen LogP contribution in [0.4, 0.5) is 19.1 Å². The molecule has 3 heterocycles. The summed E-state index contributed by atoms with van der Waals surface area (Å²) < 4.78 is 41.6. The molecule has 10 heteroatoms. The Bertz CT molecular complexity index is 1010. The highest BCUT2D eigenvalue weighted by molar-refractivity contribution is 8.13. The van der Waals surface area contributed by atoms with E-state index in [2.05, 4.69) is 15.0 Å². The normalized spacial score (nSPS) is 24.7. The van der Waals surface area contributed by atoms with Gasteiger partial charge in [-0.1, -0.05) is 17.8 Å². The van der Waals surface area contributed by atoms with Crippen molar-refractivity contribution in [2.75, 3.05) is 23.7 Å². The molecule has 1 aromatic heterocycles. The number of hydrogen-bond acceptors (Lipinski definition) is 6. The van der Waals surface area contributed by atoms with Gasteiger partial charge >= 0.3 is 0 Å². The number of aliphatic imine (C=N–C) groups is 1. The number of nitrogens with one attached hydrogen (secondary N) is 1. The molecule has 0 saturated carbocycles. The second kappa shape index (κ2) is 6.29. The molecule has 1 fully saturated rings. The Kier molecular flexibility index (Phi) is 4.17. The third-order valence-corrected chi connectivity index (χ3v) is 5.96. The van der Waals surface area contributed by atoms with Gasteiger partial charge in [0.15, 0.2) is 5.17 Å². The van der Waals surface area contributed by atoms with E-state index in [1.807, 2.05) is 0 Å². The molecule has 2 aliphatic rings. The molecular weight excluding hydrogens is 379 g/mol. The molecule has 1 saturated heterocycles. The average molecular weight is 395 g/mol. The van der Waals surface area contributed by atoms with Crippen LogP contribution in [0, 0.1) is 30.3 Å². The quantitative estimate of drug-likeness (QED) is 0.811. The summed E-state index contributed by atoms with van der Waals surface area (Å²) in [7, 11) is 0. The zero-order valence-corrected chi connectivity index (χ0v) is 15.1. The predicted molar refractivity (Wildman–Crippen MR) is 97.4 cm³/mol. The Morgan fingerprint density at radius 3 is 2.85 bits per heavy atom. The van der Waals surface area contributed by atoms with Gasteiger partial charge in [0.2, 0.25) is 11.8 Å². The highest BCUT2D eigenvalue weighted by Gasteiger charge is 2.52. The van der Waals surface area contributed by atoms with Crippen molar-refractivity contribution in [3.63, 3.8) is 0 Å². The molecule has 27 heavy (non-hydrogen) atoms. The van der Waals surface area contributed by atoms with E-state index in [0.29, 0.717) is 17.5 Å². The number of aryl methyl sites for hydroxylation is 1. The summed E-state index contributed by atoms with van der Waals surface area (Å²) in [4.78, 5) is 24.6. The van der Waals surface area contributed by atoms with Crippen LogP contribution in [0.3, 0.4) is 0 Å². The second-order valence-corrected chi connectivity index (χ2v) is 7.72. The van der Waals surface area contributed by atoms with Crippen molar-refractivity contribution in [3.05, 3.63) is 57.3 Å². The number of halogens is 3. The molecule has 2 aromatic rings. The van der Waals surface area contributed by atoms with Gasteiger partial charge in [-0.05, 0) is 13.0 Å². The van der Waals surface area contributed by atoms with Crippen molar-refractivity contribution in [2.24, 2.45) is 16.6 Å². The molecule has 2 unspecified atom stereocenters. The minimum atomic E-state index is -1.03. The fourth-order valence-corrected chi connectivity index (χ4v) is 4.69. The van der Waals surface area contributed by atoms with E-state index in [1.165, 1.54) is 30.8 Å². The van der Waals surface area contributed by atoms with Crippen molar-refractivity contribution < 1.29 is 13.2 Å². The second-order valence-electron chi connectivity index (χ2n) is 6.68. The lowest BCUT2D eigenvalue weighted by Crippen LogP contribution is -2.40. The average Bonchev–Trinajstić information content (AvgIpc) is 2.98. The first kappa shape index (κ1) is 17.9. The first-order chi connectivity index (χ1) is 12.8. The zero-order valence-electron chi connectivity index (χ0n) is 14.3. The summed E-state index contributed by atoms with van der Waals surface area (Å²) in [6.45, 7) is 1.99. The molecule has 2 aliphatic heterocycles. The lowest BCUT2D eigenvalue weighted by molar-refractivity contribution is 0.369. The molecule has 0 bridgehead atoms. The van der Waals surface area contributed by atoms with Crippen LogP contribution in [0.1, 0.15) is 11.3 Å². The van der Waals surface area contributed by atoms with E-state index in [1.54, 1.807) is 4.90 Å². The summed E-state index contributed by atoms with van der Waals surface area (Å²) in [6.07, 6.45) is 0. The minimum absolute atomic E-state index is 0.0250. The minimum Gasteiger partial charge on any atom is -0.379 e. The van der Waals surface area contributed by atoms with Gasteiger partial charge in [-0.2, -0.15) is 4.39 Å². The molecule has 0 radical (unpaired) electrons. The monoisotopic (exact) mass is 395 g/mol. The van der Waals surface area contributed by atoms with Crippen LogP contribution < -0.4 is 16.2 Å². The summed E-state index contributed by atoms with van der Waals surface area (Å²) in [5, 5.41) is 0.313. The number of rotatable bonds is 2. The Balaban J connectivity index is 1.81. The lowest BCUT2D eigenvalue weighted by Gasteiger charge is -2.34. The molecule has 0 amide bonds. The molecule has 3 N–H and O–H groups in total. The third kappa shape index (κ3) is 2.88. The van der Waals surface area contributed by atoms with Crippen molar-refractivity contribution in [1.29, 1.82) is 0 Å². The Labute approximate surface area is 156 Å². The number of aromatic amines is 1. The maximum Gasteiger partial charge on any atom is 0.288 e. The Morgan fingerprint density at radius 2 is 2.15 bits per heavy atom. The molecule has 0 spiro atoms. The van der Waals surface area contributed by atoms with E-state index in [4.69, 9.17) is 5.73 Å². The molecule has 6 nitrogen and oxygen atoms in total. The van der Waals surface area contributed by atoms with Crippen LogP contribution in [-0.2, 0) is 5.54 Å². The largest absolute Gasteiger partial charge is 0.379 e. The number of fused-ring (bicyclic) bond motifs is 1. The highest BCUT2D eigenvalue weighted by atomic mass is 32.2. The fraction of sp³-hybridized carbons (Fsp3) is 0.353. The number of hydrogen-bond donors (Lipinski definition) is 2. The number of nitrogens with zero attached hydrogens (tertiary/aromatic N) is 3. The van der Waals surface area contributed by atoms with Crippen LogP contribution in [0.15, 0.2) is 28.0 Å². The van der Waals surface area contributed by atoms with Crippen molar-refractivity contribution in [3.8, 4) is 0 Å². The van der Waals surface area contributed by atoms with Gasteiger partial charge in [-0.15, -0.1) is 0 Å². The Hall–Kier alpha value is -2.49. The number of aromatic nitrogens is 2. The van der Waals surface area contributed by atoms with Crippen LogP contribution in [0.25, 0.3) is 0 Å². The van der Waals surface area contributed by atoms with Gasteiger partial charge in [-0.3, -0.25) is 9.78 Å². The summed E-state index contributed by atoms with van der Waals surface area (Å²) in [5.41, 5.74) is 4.23. The molecule has 4 rings (SSSR count). The van der Waals surface area contributed by atoms with Crippen molar-refractivity contribution >= 4 is 22.9 Å². The number of thioether (sulfide) groups is 1. The number of benzene rings is 1. The molecule has 1 aromatic carbocycles. The van der Waals surface area contributed by atoms with Gasteiger partial charge in [-0.25, -0.2) is 18.8 Å². The fourth-order valence-electron chi connectivity index (χ4n) is 3.71. The number of nitrogens with two attached hydrogens (primary N) is 1. The smallest absolute Gasteiger partial charge is 0.288 e. The van der Waals surface area contributed by atoms with Crippen molar-refractivity contribution in [1.82, 2.24) is 9.97 Å². The first-order valence-corrected chi connectivity index (χ1v) is 9.24. The van der Waals surface area contributed by atoms with E-state index in [0.717, 1.165) is 6.07 Å². The topological polar surface area (TPSA) is 87.4 Å². The standard InChI is InChI=1S/C17H16F3N5OS/c1-8-13(20)14(26)23-16(22-8)25-5-9-6-27-15(21)24-17(9,7-25)11-3-2-10(18)4-12(11)19/h2-4,9H,5-7H2,1H3,(H2,21,24)(H,22,23,26). The molecule has 0 aliphatic carbocycles. The maximum atomic E-state index is 14.6. The number of H-pyrrole nitrogens is 1. The number of amidine groups is 1. The maximum absolute atomic E-state index is 14.6. The van der Waals surface area contributed by atoms with Crippen LogP contribution >= 0.6 is 11.8 Å². The molecule has 142 valence electrons. The van der Waals surface area contributed by atoms with E-state index in [-0.39, 0.29) is 29.7 Å². The Morgan fingerprint density at radius 1 is 1.37 bits per heavy atom. The van der Waals surface area contributed by atoms with E-state index >= 15 is 0 Å². The third-order valence-electron chi connectivity index (χ3n) is 5.00. The molecular formula is C17H16F3N5OS. The van der Waals surface area contributed by atoms with Gasteiger partial charge in [0, 0.05) is 29.8 Å². The van der Waals surface area contributed by atoms with Gasteiger partial charge in [0.05, 0.1) is 12.2 Å². The van der Waals surface area contributed by atoms with Crippen LogP contribution in [-0.4, -0.2) is 34.0 Å². The number of anilines is 1. The van der Waals surface area contributed by atoms with Gasteiger partial charge in [0.25, 0.3) is 5.56 Å². The summed E-state index contributed by atoms with van der Waals surface area (Å²) >= 11 is 1.35. The van der Waals surface area contributed by atoms with E-state index in [9.17, 15) is 18.0 Å². The van der Waals surface area contributed by atoms with Crippen molar-refractivity contribution in [2.45, 2.75) is 12.5 Å². The van der Waals surface area contributed by atoms with E-state index < -0.39 is 28.5 Å². The molecule has 2 atom stereocenters. The van der Waals surface area contributed by atoms with Crippen LogP contribution in [0.5, 0.6) is 0 Å².